The SMILES string of the molecule is C#CCC(O)OCC(CO)OCC. The molecule has 2 atom stereocenters. The highest BCUT2D eigenvalue weighted by Crippen LogP contribution is 1.97. The molecule has 0 aromatic heterocycles. The fraction of sp³-hybridized carbons (Fsp3) is 0.778. The Kier molecular flexibility index (Phi) is 7.65. The lowest BCUT2D eigenvalue weighted by Crippen LogP contribution is -2.27. The highest BCUT2D eigenvalue weighted by atomic mass is 16.6. The molecular formula is C9H16O4. The summed E-state index contributed by atoms with van der Waals surface area (Å²) in [6.45, 7) is 2.34. The maximum Gasteiger partial charge on any atom is 0.165 e. The van der Waals surface area contributed by atoms with Crippen LogP contribution in [-0.4, -0.2) is 42.4 Å². The van der Waals surface area contributed by atoms with E-state index in [-0.39, 0.29) is 19.6 Å². The highest BCUT2D eigenvalue weighted by Gasteiger charge is 2.09. The number of aliphatic hydroxyl groups excluding tert-OH is 2. The van der Waals surface area contributed by atoms with Gasteiger partial charge in [-0.3, -0.25) is 0 Å². The van der Waals surface area contributed by atoms with E-state index in [0.29, 0.717) is 6.61 Å². The van der Waals surface area contributed by atoms with Crippen molar-refractivity contribution in [3.05, 3.63) is 0 Å². The average molecular weight is 188 g/mol. The fourth-order valence-corrected chi connectivity index (χ4v) is 0.767. The van der Waals surface area contributed by atoms with E-state index in [9.17, 15) is 0 Å². The van der Waals surface area contributed by atoms with Gasteiger partial charge >= 0.3 is 0 Å². The van der Waals surface area contributed by atoms with Crippen molar-refractivity contribution in [3.8, 4) is 12.3 Å². The minimum Gasteiger partial charge on any atom is -0.394 e. The van der Waals surface area contributed by atoms with Crippen LogP contribution in [0.3, 0.4) is 0 Å². The van der Waals surface area contributed by atoms with Crippen LogP contribution >= 0.6 is 0 Å². The van der Waals surface area contributed by atoms with E-state index >= 15 is 0 Å². The largest absolute Gasteiger partial charge is 0.394 e. The first-order valence-corrected chi connectivity index (χ1v) is 4.20. The van der Waals surface area contributed by atoms with Gasteiger partial charge in [-0.05, 0) is 6.92 Å². The molecule has 4 heteroatoms. The van der Waals surface area contributed by atoms with Crippen molar-refractivity contribution in [2.75, 3.05) is 19.8 Å². The van der Waals surface area contributed by atoms with Crippen molar-refractivity contribution in [2.24, 2.45) is 0 Å². The third-order valence-electron chi connectivity index (χ3n) is 1.37. The number of terminal acetylenes is 1. The Morgan fingerprint density at radius 2 is 2.15 bits per heavy atom. The molecule has 0 fully saturated rings. The summed E-state index contributed by atoms with van der Waals surface area (Å²) in [5.74, 6) is 2.26. The molecule has 2 N–H and O–H groups in total. The predicted octanol–water partition coefficient (Wildman–Crippen LogP) is -0.258. The molecule has 13 heavy (non-hydrogen) atoms. The lowest BCUT2D eigenvalue weighted by atomic mass is 10.4. The Hall–Kier alpha value is -0.600. The van der Waals surface area contributed by atoms with Crippen LogP contribution in [-0.2, 0) is 9.47 Å². The predicted molar refractivity (Wildman–Crippen MR) is 47.9 cm³/mol. The zero-order chi connectivity index (χ0) is 10.1. The van der Waals surface area contributed by atoms with Gasteiger partial charge in [0.25, 0.3) is 0 Å². The molecule has 0 aliphatic carbocycles. The van der Waals surface area contributed by atoms with Gasteiger partial charge < -0.3 is 19.7 Å². The Balaban J connectivity index is 3.53. The molecule has 0 saturated heterocycles. The van der Waals surface area contributed by atoms with Crippen LogP contribution in [0.15, 0.2) is 0 Å². The van der Waals surface area contributed by atoms with E-state index < -0.39 is 12.4 Å². The average Bonchev–Trinajstić information content (AvgIpc) is 2.12. The molecule has 4 nitrogen and oxygen atoms in total. The smallest absolute Gasteiger partial charge is 0.165 e. The van der Waals surface area contributed by atoms with Gasteiger partial charge in [-0.15, -0.1) is 12.3 Å². The molecule has 0 heterocycles. The van der Waals surface area contributed by atoms with Crippen molar-refractivity contribution >= 4 is 0 Å². The van der Waals surface area contributed by atoms with Gasteiger partial charge in [0, 0.05) is 6.61 Å². The van der Waals surface area contributed by atoms with Crippen LogP contribution in [0.1, 0.15) is 13.3 Å². The number of aliphatic hydroxyl groups is 2. The van der Waals surface area contributed by atoms with Crippen LogP contribution in [0.2, 0.25) is 0 Å². The number of hydrogen-bond acceptors (Lipinski definition) is 4. The molecular weight excluding hydrogens is 172 g/mol. The molecule has 0 aliphatic rings. The molecule has 0 amide bonds. The maximum absolute atomic E-state index is 9.06. The normalized spacial score (nSPS) is 14.9. The van der Waals surface area contributed by atoms with Crippen LogP contribution in [0, 0.1) is 12.3 Å². The summed E-state index contributed by atoms with van der Waals surface area (Å²) in [5, 5.41) is 17.8. The van der Waals surface area contributed by atoms with Crippen molar-refractivity contribution < 1.29 is 19.7 Å². The van der Waals surface area contributed by atoms with Gasteiger partial charge in [-0.1, -0.05) is 0 Å². The summed E-state index contributed by atoms with van der Waals surface area (Å²) < 4.78 is 10.00. The van der Waals surface area contributed by atoms with Crippen molar-refractivity contribution in [1.29, 1.82) is 0 Å². The van der Waals surface area contributed by atoms with Gasteiger partial charge in [0.2, 0.25) is 0 Å². The third kappa shape index (κ3) is 6.55. The molecule has 76 valence electrons. The summed E-state index contributed by atoms with van der Waals surface area (Å²) in [6.07, 6.45) is 3.74. The number of ether oxygens (including phenoxy) is 2. The Morgan fingerprint density at radius 1 is 1.46 bits per heavy atom. The minimum absolute atomic E-state index is 0.128. The van der Waals surface area contributed by atoms with E-state index in [0.717, 1.165) is 0 Å². The molecule has 0 spiro atoms. The van der Waals surface area contributed by atoms with Crippen molar-refractivity contribution in [1.82, 2.24) is 0 Å². The second-order valence-electron chi connectivity index (χ2n) is 2.46. The first-order valence-electron chi connectivity index (χ1n) is 4.20. The van der Waals surface area contributed by atoms with Crippen molar-refractivity contribution in [2.45, 2.75) is 25.7 Å². The molecule has 0 aliphatic heterocycles. The topological polar surface area (TPSA) is 58.9 Å². The van der Waals surface area contributed by atoms with E-state index in [1.54, 1.807) is 0 Å². The molecule has 0 bridgehead atoms. The van der Waals surface area contributed by atoms with E-state index in [2.05, 4.69) is 5.92 Å². The number of hydrogen-bond donors (Lipinski definition) is 2. The maximum atomic E-state index is 9.06. The number of rotatable bonds is 7. The molecule has 0 radical (unpaired) electrons. The monoisotopic (exact) mass is 188 g/mol. The van der Waals surface area contributed by atoms with Crippen molar-refractivity contribution in [3.63, 3.8) is 0 Å². The lowest BCUT2D eigenvalue weighted by Gasteiger charge is -2.16. The quantitative estimate of drug-likeness (QED) is 0.427. The van der Waals surface area contributed by atoms with Gasteiger partial charge in [-0.2, -0.15) is 0 Å². The second-order valence-corrected chi connectivity index (χ2v) is 2.46. The zero-order valence-corrected chi connectivity index (χ0v) is 7.77. The molecule has 0 aromatic carbocycles. The zero-order valence-electron chi connectivity index (χ0n) is 7.77. The highest BCUT2D eigenvalue weighted by molar-refractivity contribution is 4.84. The summed E-state index contributed by atoms with van der Waals surface area (Å²) in [6, 6.07) is 0. The first-order chi connectivity index (χ1) is 6.24. The Labute approximate surface area is 78.5 Å². The molecule has 2 unspecified atom stereocenters. The van der Waals surface area contributed by atoms with Gasteiger partial charge in [-0.25, -0.2) is 0 Å². The van der Waals surface area contributed by atoms with Crippen LogP contribution in [0.25, 0.3) is 0 Å². The first kappa shape index (κ1) is 12.4. The minimum atomic E-state index is -0.973. The Morgan fingerprint density at radius 3 is 2.62 bits per heavy atom. The molecule has 0 rings (SSSR count). The summed E-state index contributed by atoms with van der Waals surface area (Å²) in [4.78, 5) is 0. The van der Waals surface area contributed by atoms with E-state index in [1.807, 2.05) is 6.92 Å². The second kappa shape index (κ2) is 8.02. The standard InChI is InChI=1S/C9H16O4/c1-3-5-9(11)13-7-8(6-10)12-4-2/h1,8-11H,4-7H2,2H3. The summed E-state index contributed by atoms with van der Waals surface area (Å²) in [7, 11) is 0. The molecule has 0 saturated carbocycles. The van der Waals surface area contributed by atoms with E-state index in [1.165, 1.54) is 0 Å². The van der Waals surface area contributed by atoms with E-state index in [4.69, 9.17) is 26.1 Å². The Bertz CT molecular complexity index is 152. The third-order valence-corrected chi connectivity index (χ3v) is 1.37. The van der Waals surface area contributed by atoms with Crippen LogP contribution in [0.5, 0.6) is 0 Å². The van der Waals surface area contributed by atoms with Crippen LogP contribution < -0.4 is 0 Å². The molecule has 0 aromatic rings. The van der Waals surface area contributed by atoms with Gasteiger partial charge in [0.1, 0.15) is 6.10 Å². The fourth-order valence-electron chi connectivity index (χ4n) is 0.767. The van der Waals surface area contributed by atoms with Gasteiger partial charge in [0.05, 0.1) is 19.6 Å². The summed E-state index contributed by atoms with van der Waals surface area (Å²) in [5.41, 5.74) is 0. The van der Waals surface area contributed by atoms with Crippen LogP contribution in [0.4, 0.5) is 0 Å². The van der Waals surface area contributed by atoms with Gasteiger partial charge in [0.15, 0.2) is 6.29 Å². The summed E-state index contributed by atoms with van der Waals surface area (Å²) >= 11 is 0. The lowest BCUT2D eigenvalue weighted by molar-refractivity contribution is -0.133.